The lowest BCUT2D eigenvalue weighted by Gasteiger charge is -2.36. The second-order valence-corrected chi connectivity index (χ2v) is 6.76. The lowest BCUT2D eigenvalue weighted by Crippen LogP contribution is -2.36. The van der Waals surface area contributed by atoms with E-state index in [0.29, 0.717) is 17.8 Å². The Labute approximate surface area is 128 Å². The van der Waals surface area contributed by atoms with Crippen molar-refractivity contribution in [3.05, 3.63) is 29.8 Å². The van der Waals surface area contributed by atoms with Crippen molar-refractivity contribution < 1.29 is 9.53 Å². The summed E-state index contributed by atoms with van der Waals surface area (Å²) in [7, 11) is 0. The Hall–Kier alpha value is -1.51. The van der Waals surface area contributed by atoms with Crippen molar-refractivity contribution in [3.63, 3.8) is 0 Å². The van der Waals surface area contributed by atoms with E-state index in [9.17, 15) is 4.79 Å². The summed E-state index contributed by atoms with van der Waals surface area (Å²) in [4.78, 5) is 12.1. The van der Waals surface area contributed by atoms with Crippen LogP contribution in [0.3, 0.4) is 0 Å². The molecule has 1 fully saturated rings. The molecule has 1 aromatic carbocycles. The van der Waals surface area contributed by atoms with Gasteiger partial charge in [0, 0.05) is 5.69 Å². The molecule has 1 aromatic rings. The molecule has 0 spiro atoms. The maximum absolute atomic E-state index is 12.1. The zero-order valence-corrected chi connectivity index (χ0v) is 13.6. The van der Waals surface area contributed by atoms with Gasteiger partial charge in [-0.1, -0.05) is 44.9 Å². The van der Waals surface area contributed by atoms with E-state index in [0.717, 1.165) is 18.5 Å². The summed E-state index contributed by atoms with van der Waals surface area (Å²) >= 11 is 0. The van der Waals surface area contributed by atoms with Crippen molar-refractivity contribution in [2.24, 2.45) is 17.8 Å². The van der Waals surface area contributed by atoms with Crippen molar-refractivity contribution >= 4 is 11.8 Å². The van der Waals surface area contributed by atoms with Crippen molar-refractivity contribution in [1.29, 1.82) is 0 Å². The number of carbonyl (C=O) groups is 1. The van der Waals surface area contributed by atoms with Crippen molar-refractivity contribution in [2.75, 3.05) is 5.32 Å². The third-order valence-corrected chi connectivity index (χ3v) is 4.52. The molecule has 1 N–H and O–H groups in total. The molecule has 1 saturated carbocycles. The Morgan fingerprint density at radius 2 is 1.90 bits per heavy atom. The van der Waals surface area contributed by atoms with Gasteiger partial charge in [0.15, 0.2) is 0 Å². The molecule has 3 atom stereocenters. The fourth-order valence-corrected chi connectivity index (χ4v) is 3.17. The van der Waals surface area contributed by atoms with E-state index in [1.807, 2.05) is 31.2 Å². The molecule has 0 bridgehead atoms. The lowest BCUT2D eigenvalue weighted by atomic mass is 9.75. The Kier molecular flexibility index (Phi) is 5.27. The summed E-state index contributed by atoms with van der Waals surface area (Å²) in [5.74, 6) is 1.66. The number of carbonyl (C=O) groups excluding carboxylic acids is 1. The van der Waals surface area contributed by atoms with Gasteiger partial charge in [-0.3, -0.25) is 5.32 Å². The number of hydrogen-bond donors (Lipinski definition) is 1. The molecule has 1 amide bonds. The number of hydrogen-bond acceptors (Lipinski definition) is 2. The molecule has 3 nitrogen and oxygen atoms in total. The van der Waals surface area contributed by atoms with E-state index in [4.69, 9.17) is 4.74 Å². The van der Waals surface area contributed by atoms with Gasteiger partial charge in [0.25, 0.3) is 0 Å². The van der Waals surface area contributed by atoms with Crippen LogP contribution in [0.25, 0.3) is 0 Å². The van der Waals surface area contributed by atoms with E-state index in [1.54, 1.807) is 0 Å². The summed E-state index contributed by atoms with van der Waals surface area (Å²) < 4.78 is 5.72. The average Bonchev–Trinajstić information content (AvgIpc) is 2.41. The molecule has 1 aliphatic carbocycles. The quantitative estimate of drug-likeness (QED) is 0.850. The summed E-state index contributed by atoms with van der Waals surface area (Å²) in [5.41, 5.74) is 1.96. The molecule has 0 aromatic heterocycles. The van der Waals surface area contributed by atoms with Gasteiger partial charge in [-0.15, -0.1) is 0 Å². The van der Waals surface area contributed by atoms with Crippen molar-refractivity contribution in [1.82, 2.24) is 0 Å². The van der Waals surface area contributed by atoms with Gasteiger partial charge < -0.3 is 4.74 Å². The van der Waals surface area contributed by atoms with Gasteiger partial charge in [-0.05, 0) is 49.7 Å². The van der Waals surface area contributed by atoms with E-state index < -0.39 is 0 Å². The first kappa shape index (κ1) is 15.9. The molecular weight excluding hydrogens is 262 g/mol. The van der Waals surface area contributed by atoms with Crippen LogP contribution in [0.4, 0.5) is 10.5 Å². The molecule has 0 aliphatic heterocycles. The number of anilines is 1. The zero-order valence-electron chi connectivity index (χ0n) is 13.6. The molecular formula is C18H27NO2. The zero-order chi connectivity index (χ0) is 15.4. The average molecular weight is 289 g/mol. The number of rotatable bonds is 3. The summed E-state index contributed by atoms with van der Waals surface area (Å²) in [5, 5.41) is 2.83. The van der Waals surface area contributed by atoms with Crippen LogP contribution < -0.4 is 5.32 Å². The second-order valence-electron chi connectivity index (χ2n) is 6.76. The lowest BCUT2D eigenvalue weighted by molar-refractivity contribution is 0.0126. The first-order valence-corrected chi connectivity index (χ1v) is 8.00. The second kappa shape index (κ2) is 6.97. The molecule has 0 heterocycles. The molecule has 21 heavy (non-hydrogen) atoms. The first-order chi connectivity index (χ1) is 9.95. The largest absolute Gasteiger partial charge is 0.446 e. The van der Waals surface area contributed by atoms with Gasteiger partial charge in [-0.25, -0.2) is 4.79 Å². The van der Waals surface area contributed by atoms with Crippen LogP contribution in [0.15, 0.2) is 24.3 Å². The standard InChI is InChI=1S/C18H27NO2/c1-12(2)16-10-7-14(4)11-17(16)21-18(20)19-15-8-5-13(3)6-9-15/h5-6,8-9,12,14,16-17H,7,10-11H2,1-4H3,(H,19,20)/t14-,16+,17+/m1/s1. The highest BCUT2D eigenvalue weighted by atomic mass is 16.6. The van der Waals surface area contributed by atoms with E-state index in [-0.39, 0.29) is 12.2 Å². The maximum Gasteiger partial charge on any atom is 0.411 e. The summed E-state index contributed by atoms with van der Waals surface area (Å²) in [6, 6.07) is 7.77. The fraction of sp³-hybridized carbons (Fsp3) is 0.611. The van der Waals surface area contributed by atoms with Crippen LogP contribution in [0.2, 0.25) is 0 Å². The number of ether oxygens (including phenoxy) is 1. The van der Waals surface area contributed by atoms with Crippen molar-refractivity contribution in [3.8, 4) is 0 Å². The number of benzene rings is 1. The normalized spacial score (nSPS) is 25.7. The molecule has 0 radical (unpaired) electrons. The van der Waals surface area contributed by atoms with Gasteiger partial charge in [0.2, 0.25) is 0 Å². The maximum atomic E-state index is 12.1. The highest BCUT2D eigenvalue weighted by Crippen LogP contribution is 2.35. The van der Waals surface area contributed by atoms with Crippen LogP contribution in [0.1, 0.15) is 45.6 Å². The van der Waals surface area contributed by atoms with Crippen LogP contribution in [-0.2, 0) is 4.74 Å². The molecule has 1 aliphatic rings. The Balaban J connectivity index is 1.94. The van der Waals surface area contributed by atoms with Gasteiger partial charge in [0.05, 0.1) is 0 Å². The van der Waals surface area contributed by atoms with Crippen LogP contribution in [0, 0.1) is 24.7 Å². The highest BCUT2D eigenvalue weighted by Gasteiger charge is 2.33. The molecule has 3 heteroatoms. The monoisotopic (exact) mass is 289 g/mol. The van der Waals surface area contributed by atoms with Crippen LogP contribution >= 0.6 is 0 Å². The minimum atomic E-state index is -0.330. The number of amides is 1. The molecule has 0 unspecified atom stereocenters. The minimum absolute atomic E-state index is 0.0409. The predicted molar refractivity (Wildman–Crippen MR) is 86.4 cm³/mol. The minimum Gasteiger partial charge on any atom is -0.446 e. The highest BCUT2D eigenvalue weighted by molar-refractivity contribution is 5.84. The van der Waals surface area contributed by atoms with Crippen molar-refractivity contribution in [2.45, 2.75) is 53.1 Å². The summed E-state index contributed by atoms with van der Waals surface area (Å²) in [6.45, 7) is 8.70. The third-order valence-electron chi connectivity index (χ3n) is 4.52. The Bertz CT molecular complexity index is 467. The van der Waals surface area contributed by atoms with E-state index in [2.05, 4.69) is 26.1 Å². The molecule has 2 rings (SSSR count). The number of nitrogens with one attached hydrogen (secondary N) is 1. The smallest absolute Gasteiger partial charge is 0.411 e. The molecule has 0 saturated heterocycles. The number of aryl methyl sites for hydroxylation is 1. The fourth-order valence-electron chi connectivity index (χ4n) is 3.17. The SMILES string of the molecule is Cc1ccc(NC(=O)O[C@H]2C[C@H](C)CC[C@H]2C(C)C)cc1. The van der Waals surface area contributed by atoms with Gasteiger partial charge in [-0.2, -0.15) is 0 Å². The van der Waals surface area contributed by atoms with Gasteiger partial charge in [0.1, 0.15) is 6.10 Å². The predicted octanol–water partition coefficient (Wildman–Crippen LogP) is 5.00. The van der Waals surface area contributed by atoms with E-state index in [1.165, 1.54) is 12.0 Å². The Morgan fingerprint density at radius 1 is 1.24 bits per heavy atom. The summed E-state index contributed by atoms with van der Waals surface area (Å²) in [6.07, 6.45) is 3.08. The first-order valence-electron chi connectivity index (χ1n) is 8.00. The topological polar surface area (TPSA) is 38.3 Å². The van der Waals surface area contributed by atoms with E-state index >= 15 is 0 Å². The third kappa shape index (κ3) is 4.48. The van der Waals surface area contributed by atoms with Gasteiger partial charge >= 0.3 is 6.09 Å². The Morgan fingerprint density at radius 3 is 2.52 bits per heavy atom. The molecule has 116 valence electrons. The van der Waals surface area contributed by atoms with Crippen LogP contribution in [-0.4, -0.2) is 12.2 Å². The van der Waals surface area contributed by atoms with Crippen LogP contribution in [0.5, 0.6) is 0 Å².